The number of aliphatic carboxylic acids is 1. The Morgan fingerprint density at radius 3 is 1.93 bits per heavy atom. The lowest BCUT2D eigenvalue weighted by Gasteiger charge is -2.11. The second kappa shape index (κ2) is 19.2. The van der Waals surface area contributed by atoms with Crippen molar-refractivity contribution in [2.45, 2.75) is 96.8 Å². The normalized spacial score (nSPS) is 12.2. The molecular formula is C23H40O4. The van der Waals surface area contributed by atoms with Crippen LogP contribution in [0.4, 0.5) is 0 Å². The minimum Gasteiger partial charge on any atom is -0.481 e. The Hall–Kier alpha value is -1.58. The SMILES string of the molecule is C=CCOC(=O)CC(CCCCCCCCCCCCC/C=C/C)C(=O)O. The van der Waals surface area contributed by atoms with E-state index in [4.69, 9.17) is 4.74 Å². The van der Waals surface area contributed by atoms with E-state index >= 15 is 0 Å². The van der Waals surface area contributed by atoms with Crippen LogP contribution in [0.1, 0.15) is 96.8 Å². The van der Waals surface area contributed by atoms with Crippen molar-refractivity contribution < 1.29 is 19.4 Å². The van der Waals surface area contributed by atoms with Crippen molar-refractivity contribution in [3.05, 3.63) is 24.8 Å². The molecule has 156 valence electrons. The number of rotatable bonds is 19. The highest BCUT2D eigenvalue weighted by atomic mass is 16.5. The third-order valence-electron chi connectivity index (χ3n) is 4.78. The van der Waals surface area contributed by atoms with Crippen molar-refractivity contribution in [3.8, 4) is 0 Å². The second-order valence-electron chi connectivity index (χ2n) is 7.25. The summed E-state index contributed by atoms with van der Waals surface area (Å²) in [5.74, 6) is -1.99. The summed E-state index contributed by atoms with van der Waals surface area (Å²) >= 11 is 0. The van der Waals surface area contributed by atoms with E-state index in [1.165, 1.54) is 63.9 Å². The number of hydrogen-bond acceptors (Lipinski definition) is 3. The van der Waals surface area contributed by atoms with Crippen molar-refractivity contribution in [1.82, 2.24) is 0 Å². The lowest BCUT2D eigenvalue weighted by molar-refractivity contribution is -0.151. The number of carbonyl (C=O) groups is 2. The maximum atomic E-state index is 11.5. The highest BCUT2D eigenvalue weighted by Crippen LogP contribution is 2.17. The molecule has 27 heavy (non-hydrogen) atoms. The largest absolute Gasteiger partial charge is 0.481 e. The molecule has 0 aliphatic heterocycles. The van der Waals surface area contributed by atoms with Gasteiger partial charge in [-0.05, 0) is 26.2 Å². The number of carboxylic acids is 1. The molecule has 4 heteroatoms. The van der Waals surface area contributed by atoms with Gasteiger partial charge in [0.15, 0.2) is 0 Å². The summed E-state index contributed by atoms with van der Waals surface area (Å²) in [5.41, 5.74) is 0. The minimum atomic E-state index is -0.906. The van der Waals surface area contributed by atoms with Crippen molar-refractivity contribution in [1.29, 1.82) is 0 Å². The van der Waals surface area contributed by atoms with Gasteiger partial charge < -0.3 is 9.84 Å². The molecule has 0 aromatic carbocycles. The Morgan fingerprint density at radius 2 is 1.44 bits per heavy atom. The third-order valence-corrected chi connectivity index (χ3v) is 4.78. The Kier molecular flexibility index (Phi) is 18.1. The molecule has 1 N–H and O–H groups in total. The summed E-state index contributed by atoms with van der Waals surface area (Å²) in [6.07, 6.45) is 21.1. The van der Waals surface area contributed by atoms with E-state index in [1.54, 1.807) is 0 Å². The van der Waals surface area contributed by atoms with Crippen molar-refractivity contribution in [2.24, 2.45) is 5.92 Å². The van der Waals surface area contributed by atoms with Gasteiger partial charge in [0.05, 0.1) is 12.3 Å². The van der Waals surface area contributed by atoms with Crippen LogP contribution in [0, 0.1) is 5.92 Å². The molecule has 0 aliphatic carbocycles. The number of hydrogen-bond donors (Lipinski definition) is 1. The molecule has 0 saturated heterocycles. The molecule has 1 atom stereocenters. The Labute approximate surface area is 166 Å². The number of ether oxygens (including phenoxy) is 1. The van der Waals surface area contributed by atoms with Crippen LogP contribution in [0.5, 0.6) is 0 Å². The molecule has 0 fully saturated rings. The zero-order valence-corrected chi connectivity index (χ0v) is 17.3. The fraction of sp³-hybridized carbons (Fsp3) is 0.739. The van der Waals surface area contributed by atoms with E-state index in [-0.39, 0.29) is 13.0 Å². The molecule has 0 bridgehead atoms. The van der Waals surface area contributed by atoms with Gasteiger partial charge in [0.1, 0.15) is 6.61 Å². The summed E-state index contributed by atoms with van der Waals surface area (Å²) in [6, 6.07) is 0. The first-order chi connectivity index (χ1) is 13.1. The van der Waals surface area contributed by atoms with Gasteiger partial charge in [-0.25, -0.2) is 0 Å². The number of esters is 1. The van der Waals surface area contributed by atoms with E-state index in [9.17, 15) is 14.7 Å². The molecule has 0 saturated carbocycles. The van der Waals surface area contributed by atoms with Gasteiger partial charge in [0, 0.05) is 0 Å². The number of carboxylic acid groups (broad SMARTS) is 1. The molecule has 0 rings (SSSR count). The maximum Gasteiger partial charge on any atom is 0.307 e. The van der Waals surface area contributed by atoms with Crippen LogP contribution in [0.2, 0.25) is 0 Å². The van der Waals surface area contributed by atoms with E-state index in [0.717, 1.165) is 19.3 Å². The highest BCUT2D eigenvalue weighted by Gasteiger charge is 2.21. The highest BCUT2D eigenvalue weighted by molar-refractivity contribution is 5.78. The lowest BCUT2D eigenvalue weighted by Crippen LogP contribution is -2.19. The first kappa shape index (κ1) is 25.4. The second-order valence-corrected chi connectivity index (χ2v) is 7.25. The molecule has 0 aromatic heterocycles. The molecule has 0 amide bonds. The standard InChI is InChI=1S/C23H40O4/c1-3-5-6-7-8-9-10-11-12-13-14-15-16-17-18-21(23(25)26)20-22(24)27-19-4-2/h3-5,21H,2,6-20H2,1H3,(H,25,26)/b5-3+. The lowest BCUT2D eigenvalue weighted by atomic mass is 9.97. The molecule has 0 aromatic rings. The van der Waals surface area contributed by atoms with Gasteiger partial charge in [0.2, 0.25) is 0 Å². The number of carbonyl (C=O) groups excluding carboxylic acids is 1. The first-order valence-corrected chi connectivity index (χ1v) is 10.7. The molecule has 4 nitrogen and oxygen atoms in total. The van der Waals surface area contributed by atoms with Crippen molar-refractivity contribution in [2.75, 3.05) is 6.61 Å². The van der Waals surface area contributed by atoms with Crippen molar-refractivity contribution >= 4 is 11.9 Å². The monoisotopic (exact) mass is 380 g/mol. The predicted octanol–water partition coefficient (Wildman–Crippen LogP) is 6.45. The van der Waals surface area contributed by atoms with Crippen LogP contribution in [0.3, 0.4) is 0 Å². The molecular weight excluding hydrogens is 340 g/mol. The van der Waals surface area contributed by atoms with Gasteiger partial charge in [-0.1, -0.05) is 89.0 Å². The van der Waals surface area contributed by atoms with Crippen LogP contribution < -0.4 is 0 Å². The fourth-order valence-electron chi connectivity index (χ4n) is 3.14. The summed E-state index contributed by atoms with van der Waals surface area (Å²) in [7, 11) is 0. The Morgan fingerprint density at radius 1 is 0.926 bits per heavy atom. The van der Waals surface area contributed by atoms with E-state index in [0.29, 0.717) is 6.42 Å². The smallest absolute Gasteiger partial charge is 0.307 e. The Bertz CT molecular complexity index is 415. The first-order valence-electron chi connectivity index (χ1n) is 10.7. The predicted molar refractivity (Wildman–Crippen MR) is 112 cm³/mol. The van der Waals surface area contributed by atoms with Crippen molar-refractivity contribution in [3.63, 3.8) is 0 Å². The van der Waals surface area contributed by atoms with E-state index < -0.39 is 17.9 Å². The molecule has 0 heterocycles. The topological polar surface area (TPSA) is 63.6 Å². The quantitative estimate of drug-likeness (QED) is 0.159. The molecule has 0 radical (unpaired) electrons. The number of unbranched alkanes of at least 4 members (excludes halogenated alkanes) is 11. The summed E-state index contributed by atoms with van der Waals surface area (Å²) < 4.78 is 4.87. The average Bonchev–Trinajstić information content (AvgIpc) is 2.65. The third kappa shape index (κ3) is 17.6. The van der Waals surface area contributed by atoms with Crippen LogP contribution in [0.25, 0.3) is 0 Å². The maximum absolute atomic E-state index is 11.5. The number of allylic oxidation sites excluding steroid dienone is 2. The van der Waals surface area contributed by atoms with E-state index in [2.05, 4.69) is 25.7 Å². The molecule has 0 spiro atoms. The van der Waals surface area contributed by atoms with Gasteiger partial charge in [-0.2, -0.15) is 0 Å². The average molecular weight is 381 g/mol. The van der Waals surface area contributed by atoms with E-state index in [1.807, 2.05) is 0 Å². The zero-order chi connectivity index (χ0) is 20.2. The van der Waals surface area contributed by atoms with Gasteiger partial charge in [-0.3, -0.25) is 9.59 Å². The molecule has 1 unspecified atom stereocenters. The molecule has 0 aliphatic rings. The van der Waals surface area contributed by atoms with Crippen LogP contribution >= 0.6 is 0 Å². The van der Waals surface area contributed by atoms with Crippen LogP contribution in [0.15, 0.2) is 24.8 Å². The van der Waals surface area contributed by atoms with Gasteiger partial charge >= 0.3 is 11.9 Å². The summed E-state index contributed by atoms with van der Waals surface area (Å²) in [5, 5.41) is 9.22. The Balaban J connectivity index is 3.51. The van der Waals surface area contributed by atoms with Gasteiger partial charge in [-0.15, -0.1) is 0 Å². The fourth-order valence-corrected chi connectivity index (χ4v) is 3.14. The van der Waals surface area contributed by atoms with Crippen LogP contribution in [-0.4, -0.2) is 23.7 Å². The zero-order valence-electron chi connectivity index (χ0n) is 17.3. The van der Waals surface area contributed by atoms with Crippen LogP contribution in [-0.2, 0) is 14.3 Å². The van der Waals surface area contributed by atoms with Gasteiger partial charge in [0.25, 0.3) is 0 Å². The summed E-state index contributed by atoms with van der Waals surface area (Å²) in [6.45, 7) is 5.69. The minimum absolute atomic E-state index is 0.0437. The summed E-state index contributed by atoms with van der Waals surface area (Å²) in [4.78, 5) is 22.8.